The molecule has 132 valence electrons. The molecule has 0 heterocycles. The van der Waals surface area contributed by atoms with Gasteiger partial charge < -0.3 is 20.1 Å². The fourth-order valence-electron chi connectivity index (χ4n) is 2.06. The minimum atomic E-state index is 0.453. The lowest BCUT2D eigenvalue weighted by Gasteiger charge is -2.18. The Hall–Kier alpha value is -0.810. The topological polar surface area (TPSA) is 54.9 Å². The summed E-state index contributed by atoms with van der Waals surface area (Å²) in [6.45, 7) is 12.6. The summed E-state index contributed by atoms with van der Waals surface area (Å²) >= 11 is 0. The normalized spacial score (nSPS) is 13.5. The van der Waals surface area contributed by atoms with E-state index in [1.54, 1.807) is 7.11 Å². The zero-order chi connectivity index (χ0) is 16.6. The molecule has 1 unspecified atom stereocenters. The Labute approximate surface area is 137 Å². The van der Waals surface area contributed by atoms with Crippen LogP contribution >= 0.6 is 0 Å². The third kappa shape index (κ3) is 14.1. The maximum Gasteiger partial charge on any atom is 0.191 e. The predicted molar refractivity (Wildman–Crippen MR) is 94.6 cm³/mol. The first kappa shape index (κ1) is 21.2. The fraction of sp³-hybridized carbons (Fsp3) is 0.941. The molecule has 0 aliphatic carbocycles. The monoisotopic (exact) mass is 315 g/mol. The van der Waals surface area contributed by atoms with Crippen molar-refractivity contribution in [2.75, 3.05) is 40.0 Å². The van der Waals surface area contributed by atoms with E-state index < -0.39 is 0 Å². The summed E-state index contributed by atoms with van der Waals surface area (Å²) in [4.78, 5) is 4.60. The Balaban J connectivity index is 3.88. The van der Waals surface area contributed by atoms with Crippen LogP contribution in [0, 0.1) is 5.92 Å². The number of nitrogens with one attached hydrogen (secondary N) is 2. The second-order valence-electron chi connectivity index (χ2n) is 6.09. The smallest absolute Gasteiger partial charge is 0.191 e. The minimum Gasteiger partial charge on any atom is -0.382 e. The molecule has 0 saturated heterocycles. The molecule has 2 N–H and O–H groups in total. The van der Waals surface area contributed by atoms with E-state index in [-0.39, 0.29) is 0 Å². The van der Waals surface area contributed by atoms with Crippen molar-refractivity contribution in [3.8, 4) is 0 Å². The molecule has 0 aromatic carbocycles. The Bertz CT molecular complexity index is 271. The molecule has 5 heteroatoms. The van der Waals surface area contributed by atoms with Crippen molar-refractivity contribution in [1.82, 2.24) is 10.6 Å². The highest BCUT2D eigenvalue weighted by Gasteiger charge is 2.05. The fourth-order valence-corrected chi connectivity index (χ4v) is 2.06. The van der Waals surface area contributed by atoms with Gasteiger partial charge in [0.05, 0.1) is 13.2 Å². The molecule has 5 nitrogen and oxygen atoms in total. The molecule has 0 aliphatic heterocycles. The second kappa shape index (κ2) is 15.1. The number of methoxy groups -OCH3 is 1. The number of rotatable bonds is 13. The Morgan fingerprint density at radius 2 is 1.82 bits per heavy atom. The summed E-state index contributed by atoms with van der Waals surface area (Å²) in [7, 11) is 1.68. The molecule has 0 aromatic rings. The maximum atomic E-state index is 5.44. The van der Waals surface area contributed by atoms with E-state index in [4.69, 9.17) is 9.47 Å². The largest absolute Gasteiger partial charge is 0.382 e. The van der Waals surface area contributed by atoms with Crippen molar-refractivity contribution in [3.05, 3.63) is 0 Å². The number of nitrogens with zero attached hydrogens (tertiary/aromatic N) is 1. The number of guanidine groups is 1. The third-order valence-corrected chi connectivity index (χ3v) is 3.29. The highest BCUT2D eigenvalue weighted by molar-refractivity contribution is 5.79. The van der Waals surface area contributed by atoms with Gasteiger partial charge in [0.25, 0.3) is 0 Å². The molecule has 0 aliphatic rings. The summed E-state index contributed by atoms with van der Waals surface area (Å²) in [5.74, 6) is 1.70. The molecule has 1 atom stereocenters. The standard InChI is InChI=1S/C17H37N3O2/c1-6-18-17(19-11-8-12-22-14-13-21-5)20-16(4)10-7-9-15(2)3/h15-16H,6-14H2,1-5H3,(H2,18,19,20). The molecule has 0 saturated carbocycles. The zero-order valence-electron chi connectivity index (χ0n) is 15.3. The van der Waals surface area contributed by atoms with E-state index in [0.29, 0.717) is 19.3 Å². The van der Waals surface area contributed by atoms with E-state index >= 15 is 0 Å². The van der Waals surface area contributed by atoms with Crippen LogP contribution in [0.25, 0.3) is 0 Å². The quantitative estimate of drug-likeness (QED) is 0.312. The molecule has 0 spiro atoms. The molecule has 0 bridgehead atoms. The van der Waals surface area contributed by atoms with Gasteiger partial charge in [-0.05, 0) is 32.6 Å². The van der Waals surface area contributed by atoms with Crippen LogP contribution in [-0.2, 0) is 9.47 Å². The van der Waals surface area contributed by atoms with Crippen molar-refractivity contribution in [1.29, 1.82) is 0 Å². The average molecular weight is 316 g/mol. The molecule has 0 fully saturated rings. The highest BCUT2D eigenvalue weighted by atomic mass is 16.5. The molecular formula is C17H37N3O2. The van der Waals surface area contributed by atoms with E-state index in [0.717, 1.165) is 38.0 Å². The number of ether oxygens (including phenoxy) is 2. The van der Waals surface area contributed by atoms with Gasteiger partial charge in [-0.25, -0.2) is 0 Å². The van der Waals surface area contributed by atoms with Gasteiger partial charge in [-0.1, -0.05) is 26.7 Å². The van der Waals surface area contributed by atoms with Crippen molar-refractivity contribution >= 4 is 5.96 Å². The molecule has 0 rings (SSSR count). The summed E-state index contributed by atoms with van der Waals surface area (Å²) < 4.78 is 10.4. The van der Waals surface area contributed by atoms with Gasteiger partial charge in [0.1, 0.15) is 0 Å². The van der Waals surface area contributed by atoms with Gasteiger partial charge in [0, 0.05) is 32.8 Å². The van der Waals surface area contributed by atoms with Gasteiger partial charge in [0.15, 0.2) is 5.96 Å². The van der Waals surface area contributed by atoms with E-state index in [2.05, 4.69) is 43.3 Å². The van der Waals surface area contributed by atoms with Crippen LogP contribution in [-0.4, -0.2) is 52.0 Å². The van der Waals surface area contributed by atoms with E-state index in [9.17, 15) is 0 Å². The van der Waals surface area contributed by atoms with Crippen LogP contribution in [0.1, 0.15) is 53.4 Å². The lowest BCUT2D eigenvalue weighted by molar-refractivity contribution is 0.0702. The number of hydrogen-bond donors (Lipinski definition) is 2. The summed E-state index contributed by atoms with van der Waals surface area (Å²) in [5, 5.41) is 6.78. The first-order valence-corrected chi connectivity index (χ1v) is 8.71. The van der Waals surface area contributed by atoms with Crippen molar-refractivity contribution in [2.24, 2.45) is 10.9 Å². The zero-order valence-corrected chi connectivity index (χ0v) is 15.3. The van der Waals surface area contributed by atoms with Crippen LogP contribution < -0.4 is 10.6 Å². The van der Waals surface area contributed by atoms with Gasteiger partial charge in [0.2, 0.25) is 0 Å². The second-order valence-corrected chi connectivity index (χ2v) is 6.09. The van der Waals surface area contributed by atoms with Crippen molar-refractivity contribution in [3.63, 3.8) is 0 Å². The summed E-state index contributed by atoms with van der Waals surface area (Å²) in [6.07, 6.45) is 4.67. The molecular weight excluding hydrogens is 278 g/mol. The third-order valence-electron chi connectivity index (χ3n) is 3.29. The first-order valence-electron chi connectivity index (χ1n) is 8.71. The SMILES string of the molecule is CCNC(=NCCCOCCOC)NC(C)CCCC(C)C. The molecule has 0 aromatic heterocycles. The van der Waals surface area contributed by atoms with Crippen LogP contribution in [0.2, 0.25) is 0 Å². The average Bonchev–Trinajstić information content (AvgIpc) is 2.46. The lowest BCUT2D eigenvalue weighted by Crippen LogP contribution is -2.42. The molecule has 22 heavy (non-hydrogen) atoms. The van der Waals surface area contributed by atoms with Gasteiger partial charge in [-0.3, -0.25) is 4.99 Å². The molecule has 0 amide bonds. The van der Waals surface area contributed by atoms with Crippen molar-refractivity contribution in [2.45, 2.75) is 59.4 Å². The van der Waals surface area contributed by atoms with Gasteiger partial charge in [-0.15, -0.1) is 0 Å². The van der Waals surface area contributed by atoms with E-state index in [1.165, 1.54) is 19.3 Å². The van der Waals surface area contributed by atoms with Gasteiger partial charge >= 0.3 is 0 Å². The van der Waals surface area contributed by atoms with Crippen LogP contribution in [0.4, 0.5) is 0 Å². The van der Waals surface area contributed by atoms with Gasteiger partial charge in [-0.2, -0.15) is 0 Å². The van der Waals surface area contributed by atoms with Crippen LogP contribution in [0.5, 0.6) is 0 Å². The lowest BCUT2D eigenvalue weighted by atomic mass is 10.0. The summed E-state index contributed by atoms with van der Waals surface area (Å²) in [6, 6.07) is 0.453. The number of hydrogen-bond acceptors (Lipinski definition) is 3. The Morgan fingerprint density at radius 3 is 2.45 bits per heavy atom. The number of aliphatic imine (C=N–C) groups is 1. The highest BCUT2D eigenvalue weighted by Crippen LogP contribution is 2.08. The summed E-state index contributed by atoms with van der Waals surface area (Å²) in [5.41, 5.74) is 0. The van der Waals surface area contributed by atoms with Crippen LogP contribution in [0.15, 0.2) is 4.99 Å². The minimum absolute atomic E-state index is 0.453. The molecule has 0 radical (unpaired) electrons. The van der Waals surface area contributed by atoms with Crippen LogP contribution in [0.3, 0.4) is 0 Å². The Kier molecular flexibility index (Phi) is 14.5. The van der Waals surface area contributed by atoms with Crippen molar-refractivity contribution < 1.29 is 9.47 Å². The predicted octanol–water partition coefficient (Wildman–Crippen LogP) is 2.81. The van der Waals surface area contributed by atoms with E-state index in [1.807, 2.05) is 0 Å². The Morgan fingerprint density at radius 1 is 1.05 bits per heavy atom. The maximum absolute atomic E-state index is 5.44. The first-order chi connectivity index (χ1) is 10.6.